The lowest BCUT2D eigenvalue weighted by Gasteiger charge is -2.15. The lowest BCUT2D eigenvalue weighted by Crippen LogP contribution is -2.15. The SMILES string of the molecule is CC(C)C(=N[C@H](C)Cc1cnc[nH]1)c1ccc(F)cc1O. The van der Waals surface area contributed by atoms with Gasteiger partial charge in [0.05, 0.1) is 12.4 Å². The summed E-state index contributed by atoms with van der Waals surface area (Å²) in [6.45, 7) is 6.01. The highest BCUT2D eigenvalue weighted by molar-refractivity contribution is 6.04. The summed E-state index contributed by atoms with van der Waals surface area (Å²) in [5, 5.41) is 9.94. The van der Waals surface area contributed by atoms with E-state index in [9.17, 15) is 9.50 Å². The van der Waals surface area contributed by atoms with Crippen molar-refractivity contribution in [2.24, 2.45) is 10.9 Å². The standard InChI is InChI=1S/C16H20FN3O/c1-10(2)16(14-5-4-12(17)7-15(14)21)20-11(3)6-13-8-18-9-19-13/h4-5,7-11,21H,6H2,1-3H3,(H,18,19)/t11-/m1/s1. The summed E-state index contributed by atoms with van der Waals surface area (Å²) in [6, 6.07) is 4.07. The fourth-order valence-corrected chi connectivity index (χ4v) is 2.25. The first-order valence-electron chi connectivity index (χ1n) is 7.01. The summed E-state index contributed by atoms with van der Waals surface area (Å²) in [7, 11) is 0. The van der Waals surface area contributed by atoms with Crippen LogP contribution in [0.3, 0.4) is 0 Å². The van der Waals surface area contributed by atoms with Crippen molar-refractivity contribution >= 4 is 5.71 Å². The molecule has 2 rings (SSSR count). The number of halogens is 1. The molecule has 0 radical (unpaired) electrons. The van der Waals surface area contributed by atoms with Crippen LogP contribution in [0, 0.1) is 11.7 Å². The summed E-state index contributed by atoms with van der Waals surface area (Å²) in [5.74, 6) is -0.397. The Balaban J connectivity index is 2.27. The van der Waals surface area contributed by atoms with Crippen molar-refractivity contribution in [2.45, 2.75) is 33.2 Å². The number of aromatic amines is 1. The van der Waals surface area contributed by atoms with Crippen LogP contribution in [0.1, 0.15) is 32.0 Å². The van der Waals surface area contributed by atoms with Crippen LogP contribution in [0.15, 0.2) is 35.7 Å². The Hall–Kier alpha value is -2.17. The van der Waals surface area contributed by atoms with Gasteiger partial charge in [-0.25, -0.2) is 9.37 Å². The van der Waals surface area contributed by atoms with Gasteiger partial charge in [0.2, 0.25) is 0 Å². The Morgan fingerprint density at radius 1 is 1.38 bits per heavy atom. The van der Waals surface area contributed by atoms with E-state index in [2.05, 4.69) is 9.97 Å². The molecule has 0 fully saturated rings. The average Bonchev–Trinajstić information content (AvgIpc) is 2.89. The molecule has 0 saturated heterocycles. The number of benzene rings is 1. The van der Waals surface area contributed by atoms with Gasteiger partial charge in [0.25, 0.3) is 0 Å². The molecule has 2 N–H and O–H groups in total. The number of nitrogens with one attached hydrogen (secondary N) is 1. The van der Waals surface area contributed by atoms with Crippen LogP contribution in [-0.2, 0) is 6.42 Å². The van der Waals surface area contributed by atoms with Crippen molar-refractivity contribution in [2.75, 3.05) is 0 Å². The van der Waals surface area contributed by atoms with Gasteiger partial charge in [0.15, 0.2) is 0 Å². The van der Waals surface area contributed by atoms with Crippen molar-refractivity contribution < 1.29 is 9.50 Å². The van der Waals surface area contributed by atoms with Crippen LogP contribution < -0.4 is 0 Å². The number of aliphatic imine (C=N–C) groups is 1. The minimum Gasteiger partial charge on any atom is -0.507 e. The van der Waals surface area contributed by atoms with Gasteiger partial charge in [-0.3, -0.25) is 4.99 Å². The second-order valence-corrected chi connectivity index (χ2v) is 5.46. The molecule has 0 bridgehead atoms. The third-order valence-electron chi connectivity index (χ3n) is 3.21. The first-order chi connectivity index (χ1) is 9.97. The molecule has 21 heavy (non-hydrogen) atoms. The number of imidazole rings is 1. The van der Waals surface area contributed by atoms with E-state index in [0.29, 0.717) is 5.56 Å². The molecule has 2 aromatic rings. The zero-order valence-corrected chi connectivity index (χ0v) is 12.5. The number of phenolic OH excluding ortho intramolecular Hbond substituents is 1. The number of aromatic nitrogens is 2. The van der Waals surface area contributed by atoms with Crippen LogP contribution in [-0.4, -0.2) is 26.8 Å². The van der Waals surface area contributed by atoms with E-state index in [1.165, 1.54) is 6.07 Å². The van der Waals surface area contributed by atoms with Crippen LogP contribution in [0.25, 0.3) is 0 Å². The molecule has 0 amide bonds. The molecule has 1 atom stereocenters. The van der Waals surface area contributed by atoms with E-state index in [-0.39, 0.29) is 17.7 Å². The number of hydrogen-bond acceptors (Lipinski definition) is 3. The zero-order chi connectivity index (χ0) is 15.4. The van der Waals surface area contributed by atoms with Gasteiger partial charge in [-0.15, -0.1) is 0 Å². The van der Waals surface area contributed by atoms with Gasteiger partial charge in [-0.1, -0.05) is 13.8 Å². The fourth-order valence-electron chi connectivity index (χ4n) is 2.25. The average molecular weight is 289 g/mol. The molecule has 0 aliphatic rings. The molecule has 4 nitrogen and oxygen atoms in total. The zero-order valence-electron chi connectivity index (χ0n) is 12.5. The maximum atomic E-state index is 13.1. The molecule has 1 heterocycles. The second-order valence-electron chi connectivity index (χ2n) is 5.46. The quantitative estimate of drug-likeness (QED) is 0.829. The Bertz CT molecular complexity index is 620. The molecule has 0 unspecified atom stereocenters. The molecule has 5 heteroatoms. The molecule has 112 valence electrons. The van der Waals surface area contributed by atoms with Crippen LogP contribution in [0.5, 0.6) is 5.75 Å². The van der Waals surface area contributed by atoms with Crippen molar-refractivity contribution in [3.8, 4) is 5.75 Å². The molecule has 0 spiro atoms. The molecule has 0 aliphatic heterocycles. The fraction of sp³-hybridized carbons (Fsp3) is 0.375. The van der Waals surface area contributed by atoms with Gasteiger partial charge >= 0.3 is 0 Å². The Labute approximate surface area is 123 Å². The van der Waals surface area contributed by atoms with E-state index in [0.717, 1.165) is 23.9 Å². The first-order valence-corrected chi connectivity index (χ1v) is 7.01. The summed E-state index contributed by atoms with van der Waals surface area (Å²) in [4.78, 5) is 11.7. The molecule has 1 aromatic carbocycles. The minimum atomic E-state index is -0.454. The van der Waals surface area contributed by atoms with Gasteiger partial charge in [0.1, 0.15) is 11.6 Å². The lowest BCUT2D eigenvalue weighted by atomic mass is 9.98. The maximum absolute atomic E-state index is 13.1. The minimum absolute atomic E-state index is 0.0345. The normalized spacial score (nSPS) is 13.7. The van der Waals surface area contributed by atoms with E-state index in [1.807, 2.05) is 20.8 Å². The van der Waals surface area contributed by atoms with Crippen LogP contribution in [0.2, 0.25) is 0 Å². The van der Waals surface area contributed by atoms with E-state index < -0.39 is 5.82 Å². The Morgan fingerprint density at radius 3 is 2.71 bits per heavy atom. The number of nitrogens with zero attached hydrogens (tertiary/aromatic N) is 2. The highest BCUT2D eigenvalue weighted by Crippen LogP contribution is 2.23. The maximum Gasteiger partial charge on any atom is 0.127 e. The second kappa shape index (κ2) is 6.52. The van der Waals surface area contributed by atoms with Crippen molar-refractivity contribution in [3.63, 3.8) is 0 Å². The highest BCUT2D eigenvalue weighted by Gasteiger charge is 2.15. The summed E-state index contributed by atoms with van der Waals surface area (Å²) >= 11 is 0. The lowest BCUT2D eigenvalue weighted by molar-refractivity contribution is 0.467. The number of phenols is 1. The highest BCUT2D eigenvalue weighted by atomic mass is 19.1. The number of aromatic hydroxyl groups is 1. The summed E-state index contributed by atoms with van der Waals surface area (Å²) in [5.41, 5.74) is 2.38. The molecule has 1 aromatic heterocycles. The van der Waals surface area contributed by atoms with E-state index in [4.69, 9.17) is 4.99 Å². The van der Waals surface area contributed by atoms with Crippen molar-refractivity contribution in [1.29, 1.82) is 0 Å². The predicted molar refractivity (Wildman–Crippen MR) is 81.2 cm³/mol. The van der Waals surface area contributed by atoms with E-state index in [1.54, 1.807) is 18.6 Å². The monoisotopic (exact) mass is 289 g/mol. The van der Waals surface area contributed by atoms with Gasteiger partial charge in [0, 0.05) is 35.7 Å². The molecular formula is C16H20FN3O. The predicted octanol–water partition coefficient (Wildman–Crippen LogP) is 3.33. The number of rotatable bonds is 5. The molecular weight excluding hydrogens is 269 g/mol. The van der Waals surface area contributed by atoms with E-state index >= 15 is 0 Å². The molecule has 0 saturated carbocycles. The summed E-state index contributed by atoms with van der Waals surface area (Å²) < 4.78 is 13.1. The van der Waals surface area contributed by atoms with Gasteiger partial charge < -0.3 is 10.1 Å². The first kappa shape index (κ1) is 15.2. The topological polar surface area (TPSA) is 61.3 Å². The summed E-state index contributed by atoms with van der Waals surface area (Å²) in [6.07, 6.45) is 4.15. The third-order valence-corrected chi connectivity index (χ3v) is 3.21. The smallest absolute Gasteiger partial charge is 0.127 e. The van der Waals surface area contributed by atoms with Crippen molar-refractivity contribution in [3.05, 3.63) is 47.8 Å². The number of H-pyrrole nitrogens is 1. The number of hydrogen-bond donors (Lipinski definition) is 2. The van der Waals surface area contributed by atoms with Gasteiger partial charge in [-0.05, 0) is 25.0 Å². The van der Waals surface area contributed by atoms with Crippen LogP contribution in [0.4, 0.5) is 4.39 Å². The Kier molecular flexibility index (Phi) is 4.73. The Morgan fingerprint density at radius 2 is 2.14 bits per heavy atom. The van der Waals surface area contributed by atoms with Crippen LogP contribution >= 0.6 is 0 Å². The third kappa shape index (κ3) is 3.90. The van der Waals surface area contributed by atoms with Gasteiger partial charge in [-0.2, -0.15) is 0 Å². The van der Waals surface area contributed by atoms with Crippen molar-refractivity contribution in [1.82, 2.24) is 9.97 Å². The molecule has 0 aliphatic carbocycles. The largest absolute Gasteiger partial charge is 0.507 e.